The van der Waals surface area contributed by atoms with Crippen molar-refractivity contribution in [1.29, 1.82) is 0 Å². The molecular formula is C24H24N2O. The zero-order valence-electron chi connectivity index (χ0n) is 15.5. The van der Waals surface area contributed by atoms with Crippen molar-refractivity contribution in [2.45, 2.75) is 12.1 Å². The molecule has 1 atom stereocenters. The van der Waals surface area contributed by atoms with Crippen LogP contribution < -0.4 is 0 Å². The van der Waals surface area contributed by atoms with Gasteiger partial charge in [0.15, 0.2) is 0 Å². The van der Waals surface area contributed by atoms with Crippen LogP contribution in [0.25, 0.3) is 0 Å². The number of hydrogen-bond acceptors (Lipinski definition) is 2. The van der Waals surface area contributed by atoms with E-state index in [0.717, 1.165) is 23.2 Å². The number of amides is 1. The molecule has 27 heavy (non-hydrogen) atoms. The van der Waals surface area contributed by atoms with E-state index in [2.05, 4.69) is 29.2 Å². The molecule has 1 amide bonds. The smallest absolute Gasteiger partial charge is 0.245 e. The summed E-state index contributed by atoms with van der Waals surface area (Å²) < 4.78 is 0. The van der Waals surface area contributed by atoms with Gasteiger partial charge in [0.2, 0.25) is 5.91 Å². The fourth-order valence-corrected chi connectivity index (χ4v) is 3.96. The summed E-state index contributed by atoms with van der Waals surface area (Å²) in [5, 5.41) is 0. The van der Waals surface area contributed by atoms with Crippen molar-refractivity contribution < 1.29 is 4.79 Å². The molecule has 3 heteroatoms. The van der Waals surface area contributed by atoms with Gasteiger partial charge in [-0.05, 0) is 23.7 Å². The average Bonchev–Trinajstić information content (AvgIpc) is 2.72. The van der Waals surface area contributed by atoms with Crippen LogP contribution in [0.4, 0.5) is 0 Å². The minimum absolute atomic E-state index is 0.0696. The molecule has 1 saturated heterocycles. The van der Waals surface area contributed by atoms with Gasteiger partial charge in [-0.3, -0.25) is 9.69 Å². The molecule has 0 aliphatic carbocycles. The lowest BCUT2D eigenvalue weighted by molar-refractivity contribution is -0.143. The van der Waals surface area contributed by atoms with Crippen molar-refractivity contribution in [3.8, 4) is 0 Å². The van der Waals surface area contributed by atoms with Crippen molar-refractivity contribution in [3.63, 3.8) is 0 Å². The third-order valence-electron chi connectivity index (χ3n) is 5.31. The lowest BCUT2D eigenvalue weighted by Crippen LogP contribution is -2.52. The van der Waals surface area contributed by atoms with E-state index in [1.807, 2.05) is 78.7 Å². The largest absolute Gasteiger partial charge is 0.329 e. The normalized spacial score (nSPS) is 18.1. The molecule has 3 nitrogen and oxygen atoms in total. The summed E-state index contributed by atoms with van der Waals surface area (Å²) in [7, 11) is 2.03. The zero-order chi connectivity index (χ0) is 18.6. The van der Waals surface area contributed by atoms with E-state index in [0.29, 0.717) is 6.54 Å². The quantitative estimate of drug-likeness (QED) is 0.696. The maximum Gasteiger partial charge on any atom is 0.245 e. The number of benzene rings is 3. The minimum atomic E-state index is -0.241. The van der Waals surface area contributed by atoms with Gasteiger partial charge < -0.3 is 4.90 Å². The second-order valence-corrected chi connectivity index (χ2v) is 7.05. The highest BCUT2D eigenvalue weighted by Gasteiger charge is 2.38. The van der Waals surface area contributed by atoms with Crippen molar-refractivity contribution in [2.24, 2.45) is 0 Å². The lowest BCUT2D eigenvalue weighted by Gasteiger charge is -2.43. The van der Waals surface area contributed by atoms with Crippen molar-refractivity contribution in [2.75, 3.05) is 20.1 Å². The van der Waals surface area contributed by atoms with Crippen LogP contribution in [-0.4, -0.2) is 35.8 Å². The first-order valence-electron chi connectivity index (χ1n) is 9.41. The Morgan fingerprint density at radius 1 is 0.741 bits per heavy atom. The van der Waals surface area contributed by atoms with E-state index in [1.54, 1.807) is 0 Å². The van der Waals surface area contributed by atoms with Gasteiger partial charge in [0, 0.05) is 13.1 Å². The Morgan fingerprint density at radius 2 is 1.22 bits per heavy atom. The molecule has 0 N–H and O–H groups in total. The van der Waals surface area contributed by atoms with Crippen LogP contribution in [-0.2, 0) is 4.79 Å². The third-order valence-corrected chi connectivity index (χ3v) is 5.31. The number of carbonyl (C=O) groups is 1. The van der Waals surface area contributed by atoms with E-state index in [4.69, 9.17) is 0 Å². The summed E-state index contributed by atoms with van der Waals surface area (Å²) in [5.41, 5.74) is 3.34. The summed E-state index contributed by atoms with van der Waals surface area (Å²) >= 11 is 0. The highest BCUT2D eigenvalue weighted by atomic mass is 16.2. The predicted octanol–water partition coefficient (Wildman–Crippen LogP) is 4.29. The molecule has 1 aliphatic heterocycles. The van der Waals surface area contributed by atoms with Crippen LogP contribution >= 0.6 is 0 Å². The maximum atomic E-state index is 13.6. The molecule has 0 spiro atoms. The molecule has 3 aromatic rings. The minimum Gasteiger partial charge on any atom is -0.329 e. The molecule has 0 bridgehead atoms. The molecule has 136 valence electrons. The van der Waals surface area contributed by atoms with E-state index in [-0.39, 0.29) is 18.0 Å². The Hall–Kier alpha value is -2.91. The van der Waals surface area contributed by atoms with E-state index in [1.165, 1.54) is 0 Å². The molecular weight excluding hydrogens is 332 g/mol. The second-order valence-electron chi connectivity index (χ2n) is 7.05. The Balaban J connectivity index is 1.75. The molecule has 1 heterocycles. The first-order valence-corrected chi connectivity index (χ1v) is 9.41. The average molecular weight is 356 g/mol. The van der Waals surface area contributed by atoms with Gasteiger partial charge in [-0.15, -0.1) is 0 Å². The molecule has 0 radical (unpaired) electrons. The van der Waals surface area contributed by atoms with Crippen molar-refractivity contribution in [3.05, 3.63) is 108 Å². The van der Waals surface area contributed by atoms with E-state index < -0.39 is 0 Å². The topological polar surface area (TPSA) is 23.6 Å². The fraction of sp³-hybridized carbons (Fsp3) is 0.208. The molecule has 0 aromatic heterocycles. The van der Waals surface area contributed by atoms with Gasteiger partial charge in [-0.2, -0.15) is 0 Å². The number of rotatable bonds is 4. The summed E-state index contributed by atoms with van der Waals surface area (Å²) in [6.07, 6.45) is 0. The fourth-order valence-electron chi connectivity index (χ4n) is 3.96. The highest BCUT2D eigenvalue weighted by molar-refractivity contribution is 5.85. The van der Waals surface area contributed by atoms with Gasteiger partial charge in [0.1, 0.15) is 6.04 Å². The van der Waals surface area contributed by atoms with Crippen molar-refractivity contribution in [1.82, 2.24) is 9.80 Å². The van der Waals surface area contributed by atoms with E-state index >= 15 is 0 Å². The number of carbonyl (C=O) groups excluding carboxylic acids is 1. The summed E-state index contributed by atoms with van der Waals surface area (Å²) in [6, 6.07) is 30.4. The predicted molar refractivity (Wildman–Crippen MR) is 108 cm³/mol. The van der Waals surface area contributed by atoms with Gasteiger partial charge in [0.25, 0.3) is 0 Å². The SMILES string of the molecule is CN1CCN(C(c2ccccc2)c2ccccc2)C(=O)C1c1ccccc1. The molecule has 0 saturated carbocycles. The summed E-state index contributed by atoms with van der Waals surface area (Å²) in [6.45, 7) is 1.56. The van der Waals surface area contributed by atoms with Gasteiger partial charge in [-0.1, -0.05) is 91.0 Å². The Labute approximate surface area is 160 Å². The third kappa shape index (κ3) is 3.51. The number of piperazine rings is 1. The first-order chi connectivity index (χ1) is 13.3. The Kier molecular flexibility index (Phi) is 5.03. The van der Waals surface area contributed by atoms with Gasteiger partial charge in [-0.25, -0.2) is 0 Å². The van der Waals surface area contributed by atoms with Crippen LogP contribution in [0.1, 0.15) is 28.8 Å². The highest BCUT2D eigenvalue weighted by Crippen LogP contribution is 2.34. The summed E-state index contributed by atoms with van der Waals surface area (Å²) in [5.74, 6) is 0.160. The number of nitrogens with zero attached hydrogens (tertiary/aromatic N) is 2. The second kappa shape index (κ2) is 7.77. The monoisotopic (exact) mass is 356 g/mol. The van der Waals surface area contributed by atoms with Crippen molar-refractivity contribution >= 4 is 5.91 Å². The van der Waals surface area contributed by atoms with Crippen LogP contribution in [0.15, 0.2) is 91.0 Å². The molecule has 3 aromatic carbocycles. The van der Waals surface area contributed by atoms with Gasteiger partial charge in [0.05, 0.1) is 6.04 Å². The van der Waals surface area contributed by atoms with E-state index in [9.17, 15) is 4.79 Å². The number of hydrogen-bond donors (Lipinski definition) is 0. The van der Waals surface area contributed by atoms with Crippen LogP contribution in [0.2, 0.25) is 0 Å². The van der Waals surface area contributed by atoms with Crippen LogP contribution in [0, 0.1) is 0 Å². The molecule has 1 aliphatic rings. The van der Waals surface area contributed by atoms with Crippen LogP contribution in [0.5, 0.6) is 0 Å². The van der Waals surface area contributed by atoms with Gasteiger partial charge >= 0.3 is 0 Å². The summed E-state index contributed by atoms with van der Waals surface area (Å²) in [4.78, 5) is 17.8. The first kappa shape index (κ1) is 17.5. The molecule has 4 rings (SSSR count). The maximum absolute atomic E-state index is 13.6. The number of likely N-dealkylation sites (N-methyl/N-ethyl adjacent to an activating group) is 1. The zero-order valence-corrected chi connectivity index (χ0v) is 15.5. The molecule has 1 fully saturated rings. The molecule has 1 unspecified atom stereocenters. The standard InChI is InChI=1S/C24H24N2O/c1-25-17-18-26(24(27)23(25)21-15-9-4-10-16-21)22(19-11-5-2-6-12-19)20-13-7-3-8-14-20/h2-16,22-23H,17-18H2,1H3. The van der Waals surface area contributed by atoms with Crippen LogP contribution in [0.3, 0.4) is 0 Å². The lowest BCUT2D eigenvalue weighted by atomic mass is 9.93. The Bertz CT molecular complexity index is 841. The Morgan fingerprint density at radius 3 is 1.74 bits per heavy atom.